The van der Waals surface area contributed by atoms with Crippen molar-refractivity contribution in [1.82, 2.24) is 10.2 Å². The summed E-state index contributed by atoms with van der Waals surface area (Å²) in [5, 5.41) is 3.31. The van der Waals surface area contributed by atoms with Crippen LogP contribution in [0.2, 0.25) is 5.02 Å². The molecule has 1 saturated heterocycles. The van der Waals surface area contributed by atoms with E-state index < -0.39 is 24.1 Å². The zero-order chi connectivity index (χ0) is 21.2. The molecule has 3 amide bonds. The van der Waals surface area contributed by atoms with E-state index >= 15 is 0 Å². The Kier molecular flexibility index (Phi) is 6.08. The van der Waals surface area contributed by atoms with E-state index in [4.69, 9.17) is 21.1 Å². The number of halogens is 1. The maximum Gasteiger partial charge on any atom is 0.326 e. The molecule has 158 valence electrons. The van der Waals surface area contributed by atoms with Gasteiger partial charge in [-0.15, -0.1) is 0 Å². The summed E-state index contributed by atoms with van der Waals surface area (Å²) in [5.74, 6) is -0.199. The molecule has 1 aromatic carbocycles. The van der Waals surface area contributed by atoms with Crippen LogP contribution in [0.3, 0.4) is 0 Å². The number of nitrogens with one attached hydrogen (secondary N) is 1. The van der Waals surface area contributed by atoms with E-state index in [1.807, 2.05) is 0 Å². The van der Waals surface area contributed by atoms with Gasteiger partial charge in [0.1, 0.15) is 31.0 Å². The summed E-state index contributed by atoms with van der Waals surface area (Å²) in [6.45, 7) is 5.97. The number of amides is 3. The molecule has 29 heavy (non-hydrogen) atoms. The van der Waals surface area contributed by atoms with E-state index in [0.29, 0.717) is 29.5 Å². The number of urea groups is 1. The number of carbonyl (C=O) groups excluding carboxylic acids is 3. The maximum absolute atomic E-state index is 13.0. The highest BCUT2D eigenvalue weighted by atomic mass is 35.5. The quantitative estimate of drug-likeness (QED) is 0.431. The van der Waals surface area contributed by atoms with Gasteiger partial charge in [0.15, 0.2) is 0 Å². The highest BCUT2D eigenvalue weighted by molar-refractivity contribution is 6.32. The van der Waals surface area contributed by atoms with Crippen molar-refractivity contribution in [2.75, 3.05) is 19.8 Å². The number of hydrogen-bond donors (Lipinski definition) is 1. The first-order chi connectivity index (χ1) is 13.6. The monoisotopic (exact) mass is 422 g/mol. The van der Waals surface area contributed by atoms with Crippen LogP contribution in [0, 0.1) is 11.3 Å². The molecule has 0 unspecified atom stereocenters. The molecule has 1 aromatic rings. The van der Waals surface area contributed by atoms with Gasteiger partial charge in [0.25, 0.3) is 5.91 Å². The first-order valence-electron chi connectivity index (χ1n) is 9.79. The molecule has 8 heteroatoms. The van der Waals surface area contributed by atoms with Crippen LogP contribution in [0.25, 0.3) is 0 Å². The second-order valence-corrected chi connectivity index (χ2v) is 9.16. The van der Waals surface area contributed by atoms with E-state index in [-0.39, 0.29) is 24.5 Å². The predicted molar refractivity (Wildman–Crippen MR) is 108 cm³/mol. The van der Waals surface area contributed by atoms with Crippen molar-refractivity contribution < 1.29 is 23.9 Å². The first-order valence-corrected chi connectivity index (χ1v) is 10.2. The van der Waals surface area contributed by atoms with E-state index in [1.165, 1.54) is 0 Å². The number of esters is 1. The van der Waals surface area contributed by atoms with Gasteiger partial charge in [0.05, 0.1) is 5.02 Å². The zero-order valence-corrected chi connectivity index (χ0v) is 17.8. The lowest BCUT2D eigenvalue weighted by Gasteiger charge is -2.43. The number of ether oxygens (including phenoxy) is 2. The van der Waals surface area contributed by atoms with Gasteiger partial charge < -0.3 is 14.8 Å². The van der Waals surface area contributed by atoms with Crippen molar-refractivity contribution in [2.24, 2.45) is 11.3 Å². The van der Waals surface area contributed by atoms with Crippen molar-refractivity contribution in [2.45, 2.75) is 45.6 Å². The van der Waals surface area contributed by atoms with Crippen LogP contribution in [-0.4, -0.2) is 48.1 Å². The lowest BCUT2D eigenvalue weighted by atomic mass is 9.64. The second-order valence-electron chi connectivity index (χ2n) is 8.76. The highest BCUT2D eigenvalue weighted by Gasteiger charge is 2.56. The predicted octanol–water partition coefficient (Wildman–Crippen LogP) is 3.40. The molecular weight excluding hydrogens is 396 g/mol. The number of hydrogen-bond acceptors (Lipinski definition) is 5. The van der Waals surface area contributed by atoms with E-state index in [1.54, 1.807) is 24.3 Å². The molecule has 1 N–H and O–H groups in total. The SMILES string of the molecule is C[C@@H]1CC(C)(C)C[C@@]2(C1)NC(=O)N(CC(=O)OCCOc1ccccc1Cl)C2=O. The molecule has 2 atom stereocenters. The van der Waals surface area contributed by atoms with Crippen LogP contribution < -0.4 is 10.1 Å². The number of carbonyl (C=O) groups is 3. The third-order valence-electron chi connectivity index (χ3n) is 5.35. The number of rotatable bonds is 6. The summed E-state index contributed by atoms with van der Waals surface area (Å²) < 4.78 is 10.6. The van der Waals surface area contributed by atoms with Gasteiger partial charge in [0, 0.05) is 0 Å². The Labute approximate surface area is 175 Å². The standard InChI is InChI=1S/C21H27ClN2O5/c1-14-10-20(2,3)13-21(11-14)18(26)24(19(27)23-21)12-17(25)29-9-8-28-16-7-5-4-6-15(16)22/h4-7,14H,8-13H2,1-3H3,(H,23,27)/t14-,21-/m1/s1. The lowest BCUT2D eigenvalue weighted by molar-refractivity contribution is -0.149. The fraction of sp³-hybridized carbons (Fsp3) is 0.571. The molecule has 1 heterocycles. The number of nitrogens with zero attached hydrogens (tertiary/aromatic N) is 1. The minimum absolute atomic E-state index is 0.0110. The topological polar surface area (TPSA) is 84.9 Å². The summed E-state index contributed by atoms with van der Waals surface area (Å²) in [6.07, 6.45) is 2.13. The van der Waals surface area contributed by atoms with Crippen LogP contribution in [0.1, 0.15) is 40.0 Å². The van der Waals surface area contributed by atoms with Crippen LogP contribution >= 0.6 is 11.6 Å². The van der Waals surface area contributed by atoms with Gasteiger partial charge in [-0.3, -0.25) is 14.5 Å². The van der Waals surface area contributed by atoms with E-state index in [9.17, 15) is 14.4 Å². The Morgan fingerprint density at radius 1 is 1.24 bits per heavy atom. The molecule has 1 aliphatic carbocycles. The Bertz CT molecular complexity index is 812. The van der Waals surface area contributed by atoms with Crippen LogP contribution in [0.5, 0.6) is 5.75 Å². The summed E-state index contributed by atoms with van der Waals surface area (Å²) in [6, 6.07) is 6.44. The smallest absolute Gasteiger partial charge is 0.326 e. The average Bonchev–Trinajstić information content (AvgIpc) is 2.81. The van der Waals surface area contributed by atoms with Gasteiger partial charge in [-0.25, -0.2) is 4.79 Å². The third kappa shape index (κ3) is 4.83. The fourth-order valence-corrected chi connectivity index (χ4v) is 4.88. The molecule has 3 rings (SSSR count). The van der Waals surface area contributed by atoms with Gasteiger partial charge in [-0.2, -0.15) is 0 Å². The van der Waals surface area contributed by atoms with E-state index in [0.717, 1.165) is 11.3 Å². The summed E-state index contributed by atoms with van der Waals surface area (Å²) in [4.78, 5) is 38.5. The third-order valence-corrected chi connectivity index (χ3v) is 5.66. The minimum atomic E-state index is -0.925. The molecule has 7 nitrogen and oxygen atoms in total. The van der Waals surface area contributed by atoms with Crippen LogP contribution in [0.4, 0.5) is 4.79 Å². The van der Waals surface area contributed by atoms with Gasteiger partial charge in [-0.1, -0.05) is 44.5 Å². The zero-order valence-electron chi connectivity index (χ0n) is 17.0. The molecule has 0 radical (unpaired) electrons. The van der Waals surface area contributed by atoms with Crippen molar-refractivity contribution in [3.63, 3.8) is 0 Å². The molecule has 0 aromatic heterocycles. The molecule has 1 aliphatic heterocycles. The highest BCUT2D eigenvalue weighted by Crippen LogP contribution is 2.46. The summed E-state index contributed by atoms with van der Waals surface area (Å²) in [5.41, 5.74) is -0.987. The summed E-state index contributed by atoms with van der Waals surface area (Å²) in [7, 11) is 0. The Morgan fingerprint density at radius 2 is 1.97 bits per heavy atom. The van der Waals surface area contributed by atoms with E-state index in [2.05, 4.69) is 26.1 Å². The average molecular weight is 423 g/mol. The van der Waals surface area contributed by atoms with Crippen molar-refractivity contribution in [3.05, 3.63) is 29.3 Å². The fourth-order valence-electron chi connectivity index (χ4n) is 4.69. The molecule has 2 fully saturated rings. The molecular formula is C21H27ClN2O5. The molecule has 0 bridgehead atoms. The summed E-state index contributed by atoms with van der Waals surface area (Å²) >= 11 is 5.99. The lowest BCUT2D eigenvalue weighted by Crippen LogP contribution is -2.54. The van der Waals surface area contributed by atoms with Crippen LogP contribution in [-0.2, 0) is 14.3 Å². The molecule has 1 spiro atoms. The Balaban J connectivity index is 1.52. The number of para-hydroxylation sites is 1. The number of imide groups is 1. The molecule has 2 aliphatic rings. The van der Waals surface area contributed by atoms with Gasteiger partial charge in [-0.05, 0) is 42.7 Å². The van der Waals surface area contributed by atoms with Crippen LogP contribution in [0.15, 0.2) is 24.3 Å². The first kappa shape index (κ1) is 21.4. The van der Waals surface area contributed by atoms with Crippen molar-refractivity contribution in [3.8, 4) is 5.75 Å². The minimum Gasteiger partial charge on any atom is -0.488 e. The van der Waals surface area contributed by atoms with Crippen molar-refractivity contribution in [1.29, 1.82) is 0 Å². The van der Waals surface area contributed by atoms with Gasteiger partial charge in [0.2, 0.25) is 0 Å². The Morgan fingerprint density at radius 3 is 2.66 bits per heavy atom. The normalized spacial score (nSPS) is 25.8. The van der Waals surface area contributed by atoms with Gasteiger partial charge >= 0.3 is 12.0 Å². The second kappa shape index (κ2) is 8.22. The maximum atomic E-state index is 13.0. The molecule has 1 saturated carbocycles. The van der Waals surface area contributed by atoms with Crippen molar-refractivity contribution >= 4 is 29.5 Å². The largest absolute Gasteiger partial charge is 0.488 e. The Hall–Kier alpha value is -2.28. The number of benzene rings is 1.